The van der Waals surface area contributed by atoms with E-state index in [4.69, 9.17) is 0 Å². The average molecular weight is 284 g/mol. The maximum atomic E-state index is 13.5. The number of benzene rings is 2. The number of rotatable bonds is 0. The van der Waals surface area contributed by atoms with Crippen LogP contribution in [-0.4, -0.2) is 4.98 Å². The van der Waals surface area contributed by atoms with Crippen LogP contribution in [0.25, 0.3) is 10.9 Å². The van der Waals surface area contributed by atoms with E-state index in [-0.39, 0.29) is 18.2 Å². The maximum absolute atomic E-state index is 13.5. The van der Waals surface area contributed by atoms with E-state index in [2.05, 4.69) is 16.8 Å². The van der Waals surface area contributed by atoms with Crippen molar-refractivity contribution in [2.24, 2.45) is 0 Å². The van der Waals surface area contributed by atoms with Crippen LogP contribution >= 0.6 is 12.4 Å². The molecule has 0 aliphatic carbocycles. The van der Waals surface area contributed by atoms with Crippen molar-refractivity contribution in [1.82, 2.24) is 4.98 Å². The Balaban J connectivity index is 0.00000147. The van der Waals surface area contributed by atoms with Crippen molar-refractivity contribution < 1.29 is 4.39 Å². The highest BCUT2D eigenvalue weighted by atomic mass is 35.5. The molecule has 98 valence electrons. The first-order valence-corrected chi connectivity index (χ1v) is 5.95. The Bertz CT molecular complexity index is 797. The third-order valence-electron chi connectivity index (χ3n) is 2.85. The van der Waals surface area contributed by atoms with Crippen molar-refractivity contribution in [3.63, 3.8) is 0 Å². The Morgan fingerprint density at radius 3 is 2.35 bits per heavy atom. The molecule has 1 aromatic heterocycles. The topological polar surface area (TPSA) is 12.9 Å². The van der Waals surface area contributed by atoms with E-state index in [0.717, 1.165) is 16.5 Å². The van der Waals surface area contributed by atoms with E-state index < -0.39 is 0 Å². The second-order valence-corrected chi connectivity index (χ2v) is 4.11. The zero-order valence-electron chi connectivity index (χ0n) is 10.5. The molecule has 0 unspecified atom stereocenters. The lowest BCUT2D eigenvalue weighted by Crippen LogP contribution is -1.84. The van der Waals surface area contributed by atoms with Gasteiger partial charge in [-0.3, -0.25) is 4.98 Å². The van der Waals surface area contributed by atoms with E-state index in [0.29, 0.717) is 5.56 Å². The molecule has 3 rings (SSSR count). The molecule has 0 radical (unpaired) electrons. The first-order chi connectivity index (χ1) is 9.34. The fraction of sp³-hybridized carbons (Fsp3) is 0. The molecule has 0 spiro atoms. The minimum absolute atomic E-state index is 0. The van der Waals surface area contributed by atoms with E-state index in [1.165, 1.54) is 6.07 Å². The Morgan fingerprint density at radius 2 is 1.50 bits per heavy atom. The summed E-state index contributed by atoms with van der Waals surface area (Å²) in [4.78, 5) is 4.27. The third-order valence-corrected chi connectivity index (χ3v) is 2.85. The lowest BCUT2D eigenvalue weighted by molar-refractivity contribution is 0.624. The summed E-state index contributed by atoms with van der Waals surface area (Å²) in [5.41, 5.74) is 2.15. The van der Waals surface area contributed by atoms with Gasteiger partial charge in [-0.2, -0.15) is 0 Å². The largest absolute Gasteiger partial charge is 0.256 e. The summed E-state index contributed by atoms with van der Waals surface area (Å²) in [5.74, 6) is 5.59. The molecule has 0 N–H and O–H groups in total. The maximum Gasteiger partial charge on any atom is 0.138 e. The first kappa shape index (κ1) is 14.0. The quantitative estimate of drug-likeness (QED) is 0.564. The van der Waals surface area contributed by atoms with Gasteiger partial charge in [0, 0.05) is 17.1 Å². The molecule has 1 nitrogen and oxygen atoms in total. The Morgan fingerprint density at radius 1 is 0.800 bits per heavy atom. The molecule has 0 aliphatic heterocycles. The van der Waals surface area contributed by atoms with Crippen LogP contribution in [0.1, 0.15) is 11.1 Å². The molecule has 3 heteroatoms. The van der Waals surface area contributed by atoms with Gasteiger partial charge >= 0.3 is 0 Å². The molecule has 0 saturated heterocycles. The first-order valence-electron chi connectivity index (χ1n) is 5.95. The Labute approximate surface area is 122 Å². The molecule has 0 atom stereocenters. The van der Waals surface area contributed by atoms with Gasteiger partial charge in [0.1, 0.15) is 5.82 Å². The zero-order chi connectivity index (χ0) is 13.1. The highest BCUT2D eigenvalue weighted by molar-refractivity contribution is 5.85. The number of hydrogen-bond donors (Lipinski definition) is 0. The van der Waals surface area contributed by atoms with Gasteiger partial charge in [0.2, 0.25) is 0 Å². The molecule has 3 aromatic rings. The molecule has 0 saturated carbocycles. The normalized spacial score (nSPS) is 9.45. The molecule has 2 aromatic carbocycles. The van der Waals surface area contributed by atoms with Crippen LogP contribution in [0.2, 0.25) is 0 Å². The van der Waals surface area contributed by atoms with Crippen molar-refractivity contribution in [3.8, 4) is 11.8 Å². The van der Waals surface area contributed by atoms with Crippen LogP contribution in [-0.2, 0) is 0 Å². The molecular weight excluding hydrogens is 273 g/mol. The molecule has 0 fully saturated rings. The minimum atomic E-state index is -0.298. The third kappa shape index (κ3) is 2.79. The SMILES string of the molecule is Cl.Fc1ccccc1C#Cc1ccnc2ccccc12. The summed E-state index contributed by atoms with van der Waals surface area (Å²) in [6.45, 7) is 0. The second-order valence-electron chi connectivity index (χ2n) is 4.11. The second kappa shape index (κ2) is 6.18. The Kier molecular flexibility index (Phi) is 4.34. The van der Waals surface area contributed by atoms with Gasteiger partial charge in [0.25, 0.3) is 0 Å². The highest BCUT2D eigenvalue weighted by Crippen LogP contribution is 2.15. The number of fused-ring (bicyclic) bond motifs is 1. The zero-order valence-corrected chi connectivity index (χ0v) is 11.3. The summed E-state index contributed by atoms with van der Waals surface area (Å²) in [6.07, 6.45) is 1.72. The molecule has 0 aliphatic rings. The number of pyridine rings is 1. The fourth-order valence-electron chi connectivity index (χ4n) is 1.90. The lowest BCUT2D eigenvalue weighted by Gasteiger charge is -1.98. The number of nitrogens with zero attached hydrogens (tertiary/aromatic N) is 1. The highest BCUT2D eigenvalue weighted by Gasteiger charge is 1.99. The van der Waals surface area contributed by atoms with Gasteiger partial charge in [0.05, 0.1) is 11.1 Å². The lowest BCUT2D eigenvalue weighted by atomic mass is 10.1. The molecule has 20 heavy (non-hydrogen) atoms. The van der Waals surface area contributed by atoms with Crippen LogP contribution in [0.15, 0.2) is 60.8 Å². The predicted octanol–water partition coefficient (Wildman–Crippen LogP) is 4.20. The summed E-state index contributed by atoms with van der Waals surface area (Å²) < 4.78 is 13.5. The summed E-state index contributed by atoms with van der Waals surface area (Å²) in [6, 6.07) is 16.1. The number of halogens is 2. The van der Waals surface area contributed by atoms with E-state index in [1.807, 2.05) is 30.3 Å². The van der Waals surface area contributed by atoms with Crippen molar-refractivity contribution in [2.45, 2.75) is 0 Å². The van der Waals surface area contributed by atoms with Crippen molar-refractivity contribution in [1.29, 1.82) is 0 Å². The van der Waals surface area contributed by atoms with E-state index >= 15 is 0 Å². The van der Waals surface area contributed by atoms with Gasteiger partial charge in [-0.15, -0.1) is 12.4 Å². The van der Waals surface area contributed by atoms with Crippen molar-refractivity contribution in [2.75, 3.05) is 0 Å². The van der Waals surface area contributed by atoms with Crippen LogP contribution in [0, 0.1) is 17.7 Å². The number of hydrogen-bond acceptors (Lipinski definition) is 1. The van der Waals surface area contributed by atoms with Gasteiger partial charge in [-0.25, -0.2) is 4.39 Å². The van der Waals surface area contributed by atoms with Crippen LogP contribution in [0.3, 0.4) is 0 Å². The summed E-state index contributed by atoms with van der Waals surface area (Å²) in [7, 11) is 0. The van der Waals surface area contributed by atoms with Crippen molar-refractivity contribution >= 4 is 23.3 Å². The average Bonchev–Trinajstić information content (AvgIpc) is 2.46. The predicted molar refractivity (Wildman–Crippen MR) is 81.4 cm³/mol. The van der Waals surface area contributed by atoms with Gasteiger partial charge < -0.3 is 0 Å². The van der Waals surface area contributed by atoms with Gasteiger partial charge in [-0.05, 0) is 24.3 Å². The summed E-state index contributed by atoms with van der Waals surface area (Å²) >= 11 is 0. The molecule has 1 heterocycles. The molecule has 0 amide bonds. The monoisotopic (exact) mass is 283 g/mol. The van der Waals surface area contributed by atoms with Crippen molar-refractivity contribution in [3.05, 3.63) is 77.7 Å². The van der Waals surface area contributed by atoms with Gasteiger partial charge in [0.15, 0.2) is 0 Å². The molecular formula is C17H11ClFN. The van der Waals surface area contributed by atoms with Crippen LogP contribution < -0.4 is 0 Å². The Hall–Kier alpha value is -2.37. The smallest absolute Gasteiger partial charge is 0.138 e. The van der Waals surface area contributed by atoms with Crippen LogP contribution in [0.4, 0.5) is 4.39 Å². The number of aromatic nitrogens is 1. The summed E-state index contributed by atoms with van der Waals surface area (Å²) in [5, 5.41) is 0.980. The van der Waals surface area contributed by atoms with Gasteiger partial charge in [-0.1, -0.05) is 42.2 Å². The van der Waals surface area contributed by atoms with E-state index in [1.54, 1.807) is 24.4 Å². The standard InChI is InChI=1S/C17H10FN.ClH/c18-16-7-3-1-5-14(16)10-9-13-11-12-19-17-8-4-2-6-15(13)17;/h1-8,11-12H;1H. The van der Waals surface area contributed by atoms with E-state index in [9.17, 15) is 4.39 Å². The minimum Gasteiger partial charge on any atom is -0.256 e. The fourth-order valence-corrected chi connectivity index (χ4v) is 1.90. The molecule has 0 bridgehead atoms. The number of para-hydroxylation sites is 1. The van der Waals surface area contributed by atoms with Crippen LogP contribution in [0.5, 0.6) is 0 Å².